The zero-order valence-corrected chi connectivity index (χ0v) is 14.7. The molecule has 0 saturated carbocycles. The lowest BCUT2D eigenvalue weighted by molar-refractivity contribution is 0.0954. The summed E-state index contributed by atoms with van der Waals surface area (Å²) in [5.74, 6) is -0.0964. The minimum Gasteiger partial charge on any atom is -0.507 e. The monoisotopic (exact) mass is 358 g/mol. The van der Waals surface area contributed by atoms with Gasteiger partial charge in [0.1, 0.15) is 23.1 Å². The molecule has 7 heteroatoms. The van der Waals surface area contributed by atoms with Crippen LogP contribution in [0.5, 0.6) is 17.2 Å². The van der Waals surface area contributed by atoms with Gasteiger partial charge >= 0.3 is 0 Å². The van der Waals surface area contributed by atoms with Crippen LogP contribution in [0.1, 0.15) is 40.7 Å². The zero-order chi connectivity index (χ0) is 18.8. The Morgan fingerprint density at radius 1 is 1.23 bits per heavy atom. The molecule has 0 spiro atoms. The highest BCUT2D eigenvalue weighted by Crippen LogP contribution is 2.39. The Balaban J connectivity index is 1.88. The van der Waals surface area contributed by atoms with Crippen LogP contribution >= 0.6 is 0 Å². The number of fused-ring (bicyclic) bond motifs is 1. The Morgan fingerprint density at radius 2 is 1.88 bits per heavy atom. The van der Waals surface area contributed by atoms with Gasteiger partial charge in [-0.1, -0.05) is 6.92 Å². The van der Waals surface area contributed by atoms with E-state index in [-0.39, 0.29) is 17.5 Å². The van der Waals surface area contributed by atoms with Gasteiger partial charge in [0.25, 0.3) is 5.91 Å². The molecule has 1 aliphatic carbocycles. The number of amides is 1. The molecular formula is C19H19FN2O4. The Kier molecular flexibility index (Phi) is 4.79. The minimum absolute atomic E-state index is 0.0539. The van der Waals surface area contributed by atoms with Crippen molar-refractivity contribution in [1.82, 2.24) is 5.43 Å². The maximum absolute atomic E-state index is 14.0. The van der Waals surface area contributed by atoms with Crippen LogP contribution in [0.4, 0.5) is 4.39 Å². The molecule has 0 radical (unpaired) electrons. The Morgan fingerprint density at radius 3 is 2.50 bits per heavy atom. The first kappa shape index (κ1) is 17.7. The summed E-state index contributed by atoms with van der Waals surface area (Å²) in [6.45, 7) is 1.85. The number of nitrogens with zero attached hydrogens (tertiary/aromatic N) is 1. The zero-order valence-electron chi connectivity index (χ0n) is 14.7. The van der Waals surface area contributed by atoms with Gasteiger partial charge < -0.3 is 14.6 Å². The second-order valence-electron chi connectivity index (χ2n) is 6.06. The average molecular weight is 358 g/mol. The van der Waals surface area contributed by atoms with Gasteiger partial charge in [0.2, 0.25) is 0 Å². The predicted molar refractivity (Wildman–Crippen MR) is 94.6 cm³/mol. The fourth-order valence-corrected chi connectivity index (χ4v) is 3.08. The predicted octanol–water partition coefficient (Wildman–Crippen LogP) is 3.19. The normalized spacial score (nSPS) is 17.1. The molecule has 0 heterocycles. The molecule has 6 nitrogen and oxygen atoms in total. The quantitative estimate of drug-likeness (QED) is 0.823. The maximum atomic E-state index is 14.0. The first-order valence-corrected chi connectivity index (χ1v) is 8.06. The van der Waals surface area contributed by atoms with Crippen molar-refractivity contribution < 1.29 is 23.8 Å². The van der Waals surface area contributed by atoms with Gasteiger partial charge in [0.05, 0.1) is 19.9 Å². The number of hydrogen-bond acceptors (Lipinski definition) is 5. The standard InChI is InChI=1S/C19H19FN2O4/c1-10-6-15(18-16(23)5-4-14(20)17(10)18)21-22-19(24)11-7-12(25-2)9-13(8-11)26-3/h4-5,7-10,23H,6H2,1-3H3,(H,22,24)/b21-15+/t10-/m1/s1. The van der Waals surface area contributed by atoms with Crippen molar-refractivity contribution in [3.8, 4) is 17.2 Å². The number of halogens is 1. The van der Waals surface area contributed by atoms with E-state index in [9.17, 15) is 14.3 Å². The Bertz CT molecular complexity index is 873. The smallest absolute Gasteiger partial charge is 0.271 e. The fourth-order valence-electron chi connectivity index (χ4n) is 3.08. The van der Waals surface area contributed by atoms with E-state index < -0.39 is 5.91 Å². The minimum atomic E-state index is -0.466. The third kappa shape index (κ3) is 3.20. The number of ether oxygens (including phenoxy) is 2. The SMILES string of the molecule is COc1cc(OC)cc(C(=O)N/N=C2\C[C@@H](C)c3c(F)ccc(O)c32)c1. The summed E-state index contributed by atoms with van der Waals surface area (Å²) < 4.78 is 24.3. The number of benzene rings is 2. The van der Waals surface area contributed by atoms with Crippen LogP contribution in [0.25, 0.3) is 0 Å². The van der Waals surface area contributed by atoms with E-state index in [1.54, 1.807) is 18.2 Å². The highest BCUT2D eigenvalue weighted by molar-refractivity contribution is 6.08. The Hall–Kier alpha value is -3.09. The van der Waals surface area contributed by atoms with Gasteiger partial charge in [0, 0.05) is 22.8 Å². The van der Waals surface area contributed by atoms with Crippen molar-refractivity contribution >= 4 is 11.6 Å². The van der Waals surface area contributed by atoms with Crippen molar-refractivity contribution in [2.45, 2.75) is 19.3 Å². The highest BCUT2D eigenvalue weighted by Gasteiger charge is 2.30. The molecule has 3 rings (SSSR count). The number of phenolic OH excluding ortho intramolecular Hbond substituents is 1. The van der Waals surface area contributed by atoms with Gasteiger partial charge in [-0.2, -0.15) is 5.10 Å². The lowest BCUT2D eigenvalue weighted by atomic mass is 10.0. The summed E-state index contributed by atoms with van der Waals surface area (Å²) in [7, 11) is 2.98. The third-order valence-corrected chi connectivity index (χ3v) is 4.36. The van der Waals surface area contributed by atoms with Crippen LogP contribution in [0.2, 0.25) is 0 Å². The van der Waals surface area contributed by atoms with Gasteiger partial charge in [-0.3, -0.25) is 4.79 Å². The number of phenols is 1. The molecule has 0 saturated heterocycles. The van der Waals surface area contributed by atoms with Gasteiger partial charge in [-0.25, -0.2) is 9.82 Å². The highest BCUT2D eigenvalue weighted by atomic mass is 19.1. The Labute approximate surface area is 150 Å². The fraction of sp³-hybridized carbons (Fsp3) is 0.263. The molecule has 0 unspecified atom stereocenters. The largest absolute Gasteiger partial charge is 0.507 e. The van der Waals surface area contributed by atoms with E-state index in [1.807, 2.05) is 6.92 Å². The van der Waals surface area contributed by atoms with Crippen molar-refractivity contribution in [3.05, 3.63) is 52.8 Å². The second-order valence-corrected chi connectivity index (χ2v) is 6.06. The lowest BCUT2D eigenvalue weighted by Gasteiger charge is -2.08. The van der Waals surface area contributed by atoms with Crippen molar-refractivity contribution in [2.75, 3.05) is 14.2 Å². The number of carbonyl (C=O) groups is 1. The maximum Gasteiger partial charge on any atom is 0.271 e. The average Bonchev–Trinajstić information content (AvgIpc) is 2.99. The summed E-state index contributed by atoms with van der Waals surface area (Å²) in [6.07, 6.45) is 0.422. The number of methoxy groups -OCH3 is 2. The first-order valence-electron chi connectivity index (χ1n) is 8.06. The van der Waals surface area contributed by atoms with Crippen molar-refractivity contribution in [3.63, 3.8) is 0 Å². The van der Waals surface area contributed by atoms with Crippen LogP contribution in [0, 0.1) is 5.82 Å². The van der Waals surface area contributed by atoms with Crippen LogP contribution in [0.15, 0.2) is 35.4 Å². The van der Waals surface area contributed by atoms with E-state index in [0.29, 0.717) is 40.3 Å². The van der Waals surface area contributed by atoms with Crippen LogP contribution in [0.3, 0.4) is 0 Å². The molecule has 2 N–H and O–H groups in total. The number of nitrogens with one attached hydrogen (secondary N) is 1. The summed E-state index contributed by atoms with van der Waals surface area (Å²) in [5.41, 5.74) is 3.97. The molecule has 1 amide bonds. The summed E-state index contributed by atoms with van der Waals surface area (Å²) in [5, 5.41) is 14.2. The second kappa shape index (κ2) is 7.03. The third-order valence-electron chi connectivity index (χ3n) is 4.36. The molecule has 2 aromatic carbocycles. The van der Waals surface area contributed by atoms with Gasteiger partial charge in [0.15, 0.2) is 0 Å². The molecule has 2 aromatic rings. The number of hydrogen-bond donors (Lipinski definition) is 2. The van der Waals surface area contributed by atoms with E-state index in [1.165, 1.54) is 26.4 Å². The molecule has 1 atom stereocenters. The number of aromatic hydroxyl groups is 1. The molecule has 0 aromatic heterocycles. The van der Waals surface area contributed by atoms with Crippen LogP contribution in [-0.4, -0.2) is 30.9 Å². The molecular weight excluding hydrogens is 339 g/mol. The molecule has 136 valence electrons. The van der Waals surface area contributed by atoms with Crippen LogP contribution < -0.4 is 14.9 Å². The number of hydrazone groups is 1. The first-order chi connectivity index (χ1) is 12.4. The number of rotatable bonds is 4. The molecule has 0 aliphatic heterocycles. The van der Waals surface area contributed by atoms with E-state index in [4.69, 9.17) is 9.47 Å². The summed E-state index contributed by atoms with van der Waals surface area (Å²) in [4.78, 5) is 12.4. The molecule has 26 heavy (non-hydrogen) atoms. The van der Waals surface area contributed by atoms with E-state index in [0.717, 1.165) is 0 Å². The topological polar surface area (TPSA) is 80.2 Å². The van der Waals surface area contributed by atoms with E-state index in [2.05, 4.69) is 10.5 Å². The van der Waals surface area contributed by atoms with Gasteiger partial charge in [-0.15, -0.1) is 0 Å². The van der Waals surface area contributed by atoms with E-state index >= 15 is 0 Å². The molecule has 0 bridgehead atoms. The molecule has 0 fully saturated rings. The summed E-state index contributed by atoms with van der Waals surface area (Å²) in [6, 6.07) is 7.28. The lowest BCUT2D eigenvalue weighted by Crippen LogP contribution is -2.19. The number of carbonyl (C=O) groups excluding carboxylic acids is 1. The van der Waals surface area contributed by atoms with Gasteiger partial charge in [-0.05, 0) is 36.6 Å². The van der Waals surface area contributed by atoms with Crippen molar-refractivity contribution in [2.24, 2.45) is 5.10 Å². The van der Waals surface area contributed by atoms with Crippen molar-refractivity contribution in [1.29, 1.82) is 0 Å². The van der Waals surface area contributed by atoms with Crippen LogP contribution in [-0.2, 0) is 0 Å². The summed E-state index contributed by atoms with van der Waals surface area (Å²) >= 11 is 0. The molecule has 1 aliphatic rings.